The lowest BCUT2D eigenvalue weighted by Gasteiger charge is -2.23. The fourth-order valence-corrected chi connectivity index (χ4v) is 3.17. The smallest absolute Gasteiger partial charge is 0.323 e. The van der Waals surface area contributed by atoms with Crippen LogP contribution in [0.1, 0.15) is 22.7 Å². The van der Waals surface area contributed by atoms with E-state index in [2.05, 4.69) is 0 Å². The number of aliphatic carboxylic acids is 1. The third-order valence-corrected chi connectivity index (χ3v) is 4.61. The molecule has 27 heavy (non-hydrogen) atoms. The molecule has 1 atom stereocenters. The molecular weight excluding hydrogens is 370 g/mol. The number of ketones is 1. The number of aliphatic hydroxyl groups excluding tert-OH is 1. The zero-order valence-electron chi connectivity index (χ0n) is 14.3. The van der Waals surface area contributed by atoms with E-state index in [1.165, 1.54) is 0 Å². The van der Waals surface area contributed by atoms with Crippen LogP contribution in [0, 0.1) is 6.92 Å². The molecule has 0 unspecified atom stereocenters. The Morgan fingerprint density at radius 3 is 2.19 bits per heavy atom. The lowest BCUT2D eigenvalue weighted by atomic mass is 9.95. The Bertz CT molecular complexity index is 947. The number of likely N-dealkylation sites (tertiary alicyclic amines) is 1. The highest BCUT2D eigenvalue weighted by molar-refractivity contribution is 6.46. The quantitative estimate of drug-likeness (QED) is 0.479. The van der Waals surface area contributed by atoms with Gasteiger partial charge in [-0.1, -0.05) is 53.6 Å². The molecule has 138 valence electrons. The van der Waals surface area contributed by atoms with Crippen LogP contribution >= 0.6 is 11.6 Å². The van der Waals surface area contributed by atoms with Gasteiger partial charge in [-0.05, 0) is 24.6 Å². The minimum Gasteiger partial charge on any atom is -0.507 e. The van der Waals surface area contributed by atoms with Crippen LogP contribution in [0.5, 0.6) is 0 Å². The van der Waals surface area contributed by atoms with E-state index >= 15 is 0 Å². The second-order valence-electron chi connectivity index (χ2n) is 6.24. The number of benzene rings is 2. The third kappa shape index (κ3) is 3.57. The number of carbonyl (C=O) groups excluding carboxylic acids is 2. The van der Waals surface area contributed by atoms with E-state index in [4.69, 9.17) is 16.7 Å². The molecule has 0 radical (unpaired) electrons. The number of nitrogens with zero attached hydrogens (tertiary/aromatic N) is 1. The van der Waals surface area contributed by atoms with Gasteiger partial charge in [0.25, 0.3) is 11.7 Å². The Morgan fingerprint density at radius 1 is 1.04 bits per heavy atom. The van der Waals surface area contributed by atoms with Gasteiger partial charge >= 0.3 is 5.97 Å². The van der Waals surface area contributed by atoms with Crippen molar-refractivity contribution in [2.45, 2.75) is 13.0 Å². The number of aryl methyl sites for hydroxylation is 1. The van der Waals surface area contributed by atoms with Crippen molar-refractivity contribution in [3.63, 3.8) is 0 Å². The number of Topliss-reactive ketones (excluding diaryl/α,β-unsaturated/α-hetero) is 1. The van der Waals surface area contributed by atoms with Crippen molar-refractivity contribution in [3.05, 3.63) is 75.8 Å². The van der Waals surface area contributed by atoms with E-state index in [-0.39, 0.29) is 11.3 Å². The van der Waals surface area contributed by atoms with Gasteiger partial charge in [-0.25, -0.2) is 0 Å². The summed E-state index contributed by atoms with van der Waals surface area (Å²) in [5.41, 5.74) is 1.67. The first-order chi connectivity index (χ1) is 12.8. The Labute approximate surface area is 160 Å². The molecule has 1 saturated heterocycles. The maximum Gasteiger partial charge on any atom is 0.323 e. The zero-order valence-corrected chi connectivity index (χ0v) is 15.1. The molecule has 6 nitrogen and oxygen atoms in total. The van der Waals surface area contributed by atoms with Crippen molar-refractivity contribution >= 4 is 35.0 Å². The Balaban J connectivity index is 2.19. The molecule has 0 spiro atoms. The highest BCUT2D eigenvalue weighted by Crippen LogP contribution is 2.39. The molecule has 1 fully saturated rings. The molecule has 2 aromatic carbocycles. The SMILES string of the molecule is Cc1ccc(C(O)=C2C(=O)C(=O)N(CC(=O)O)[C@H]2c2ccc(Cl)cc2)cc1. The number of aliphatic hydroxyl groups is 1. The van der Waals surface area contributed by atoms with Crippen molar-refractivity contribution in [1.29, 1.82) is 0 Å². The van der Waals surface area contributed by atoms with Crippen LogP contribution in [0.3, 0.4) is 0 Å². The lowest BCUT2D eigenvalue weighted by molar-refractivity contribution is -0.146. The van der Waals surface area contributed by atoms with Crippen LogP contribution in [-0.2, 0) is 14.4 Å². The molecule has 1 aliphatic rings. The van der Waals surface area contributed by atoms with Crippen LogP contribution in [0.15, 0.2) is 54.1 Å². The standard InChI is InChI=1S/C20H16ClNO5/c1-11-2-4-13(5-3-11)18(25)16-17(12-6-8-14(21)9-7-12)22(10-15(23)24)20(27)19(16)26/h2-9,17,25H,10H2,1H3,(H,23,24)/t17-/m0/s1. The largest absolute Gasteiger partial charge is 0.507 e. The van der Waals surface area contributed by atoms with Crippen LogP contribution in [0.4, 0.5) is 0 Å². The van der Waals surface area contributed by atoms with Crippen LogP contribution < -0.4 is 0 Å². The van der Waals surface area contributed by atoms with E-state index in [9.17, 15) is 19.5 Å². The number of carbonyl (C=O) groups is 3. The molecule has 2 N–H and O–H groups in total. The van der Waals surface area contributed by atoms with Crippen LogP contribution in [0.25, 0.3) is 5.76 Å². The second kappa shape index (κ2) is 7.25. The number of carboxylic acid groups (broad SMARTS) is 1. The summed E-state index contributed by atoms with van der Waals surface area (Å²) in [6, 6.07) is 12.1. The molecule has 3 rings (SSSR count). The topological polar surface area (TPSA) is 94.9 Å². The monoisotopic (exact) mass is 385 g/mol. The van der Waals surface area contributed by atoms with Gasteiger partial charge in [-0.15, -0.1) is 0 Å². The molecular formula is C20H16ClNO5. The maximum absolute atomic E-state index is 12.6. The van der Waals surface area contributed by atoms with Gasteiger partial charge in [0.1, 0.15) is 12.3 Å². The number of halogens is 1. The summed E-state index contributed by atoms with van der Waals surface area (Å²) in [5, 5.41) is 20.3. The number of hydrogen-bond donors (Lipinski definition) is 2. The number of amides is 1. The first-order valence-corrected chi connectivity index (χ1v) is 8.50. The summed E-state index contributed by atoms with van der Waals surface area (Å²) in [5.74, 6) is -3.49. The Morgan fingerprint density at radius 2 is 1.63 bits per heavy atom. The second-order valence-corrected chi connectivity index (χ2v) is 6.67. The summed E-state index contributed by atoms with van der Waals surface area (Å²) in [6.45, 7) is 1.21. The minimum atomic E-state index is -1.26. The summed E-state index contributed by atoms with van der Waals surface area (Å²) in [6.07, 6.45) is 0. The average molecular weight is 386 g/mol. The van der Waals surface area contributed by atoms with Crippen molar-refractivity contribution < 1.29 is 24.6 Å². The van der Waals surface area contributed by atoms with Gasteiger partial charge in [0.2, 0.25) is 0 Å². The molecule has 1 amide bonds. The Kier molecular flexibility index (Phi) is 5.01. The zero-order chi connectivity index (χ0) is 19.7. The molecule has 0 saturated carbocycles. The number of rotatable bonds is 4. The fourth-order valence-electron chi connectivity index (χ4n) is 3.05. The molecule has 0 aromatic heterocycles. The van der Waals surface area contributed by atoms with E-state index < -0.39 is 30.2 Å². The fraction of sp³-hybridized carbons (Fsp3) is 0.150. The number of carboxylic acids is 1. The molecule has 1 heterocycles. The highest BCUT2D eigenvalue weighted by atomic mass is 35.5. The molecule has 7 heteroatoms. The minimum absolute atomic E-state index is 0.146. The van der Waals surface area contributed by atoms with Crippen molar-refractivity contribution in [2.24, 2.45) is 0 Å². The molecule has 1 aliphatic heterocycles. The predicted molar refractivity (Wildman–Crippen MR) is 99.3 cm³/mol. The van der Waals surface area contributed by atoms with Gasteiger partial charge < -0.3 is 15.1 Å². The first-order valence-electron chi connectivity index (χ1n) is 8.12. The van der Waals surface area contributed by atoms with Gasteiger partial charge in [0.05, 0.1) is 11.6 Å². The lowest BCUT2D eigenvalue weighted by Crippen LogP contribution is -2.34. The average Bonchev–Trinajstić information content (AvgIpc) is 2.87. The normalized spacial score (nSPS) is 18.7. The highest BCUT2D eigenvalue weighted by Gasteiger charge is 2.46. The molecule has 0 bridgehead atoms. The van der Waals surface area contributed by atoms with E-state index in [0.29, 0.717) is 16.1 Å². The molecule has 0 aliphatic carbocycles. The van der Waals surface area contributed by atoms with Gasteiger partial charge in [0, 0.05) is 10.6 Å². The summed E-state index contributed by atoms with van der Waals surface area (Å²) >= 11 is 5.90. The number of hydrogen-bond acceptors (Lipinski definition) is 4. The van der Waals surface area contributed by atoms with Crippen LogP contribution in [0.2, 0.25) is 5.02 Å². The van der Waals surface area contributed by atoms with Gasteiger partial charge in [-0.2, -0.15) is 0 Å². The summed E-state index contributed by atoms with van der Waals surface area (Å²) in [7, 11) is 0. The van der Waals surface area contributed by atoms with Crippen LogP contribution in [-0.4, -0.2) is 39.3 Å². The van der Waals surface area contributed by atoms with Crippen molar-refractivity contribution in [3.8, 4) is 0 Å². The summed E-state index contributed by atoms with van der Waals surface area (Å²) < 4.78 is 0. The first kappa shape index (κ1) is 18.7. The van der Waals surface area contributed by atoms with E-state index in [1.807, 2.05) is 6.92 Å². The van der Waals surface area contributed by atoms with Crippen molar-refractivity contribution in [1.82, 2.24) is 4.90 Å². The van der Waals surface area contributed by atoms with Gasteiger partial charge in [-0.3, -0.25) is 14.4 Å². The maximum atomic E-state index is 12.6. The molecule has 2 aromatic rings. The van der Waals surface area contributed by atoms with Gasteiger partial charge in [0.15, 0.2) is 0 Å². The van der Waals surface area contributed by atoms with Crippen molar-refractivity contribution in [2.75, 3.05) is 6.54 Å². The summed E-state index contributed by atoms with van der Waals surface area (Å²) in [4.78, 5) is 37.2. The predicted octanol–water partition coefficient (Wildman–Crippen LogP) is 3.15. The third-order valence-electron chi connectivity index (χ3n) is 4.36. The van der Waals surface area contributed by atoms with E-state index in [0.717, 1.165) is 10.5 Å². The Hall–Kier alpha value is -3.12. The van der Waals surface area contributed by atoms with E-state index in [1.54, 1.807) is 48.5 Å².